The number of nitrogens with one attached hydrogen (secondary N) is 2. The van der Waals surface area contributed by atoms with Crippen LogP contribution < -0.4 is 20.5 Å². The van der Waals surface area contributed by atoms with Crippen molar-refractivity contribution in [1.29, 1.82) is 0 Å². The van der Waals surface area contributed by atoms with E-state index in [1.807, 2.05) is 0 Å². The second-order valence-electron chi connectivity index (χ2n) is 13.4. The summed E-state index contributed by atoms with van der Waals surface area (Å²) in [5, 5.41) is 32.6. The number of hydrogen-bond acceptors (Lipinski definition) is 8. The summed E-state index contributed by atoms with van der Waals surface area (Å²) in [6.45, 7) is 2.22. The molecule has 0 saturated carbocycles. The molecule has 56 heavy (non-hydrogen) atoms. The van der Waals surface area contributed by atoms with Crippen molar-refractivity contribution in [3.8, 4) is 17.2 Å². The van der Waals surface area contributed by atoms with Crippen molar-refractivity contribution in [2.45, 2.75) is 89.7 Å². The van der Waals surface area contributed by atoms with Gasteiger partial charge in [-0.2, -0.15) is 10.2 Å². The van der Waals surface area contributed by atoms with Crippen molar-refractivity contribution in [1.82, 2.24) is 5.43 Å². The van der Waals surface area contributed by atoms with Crippen LogP contribution in [0.4, 0.5) is 22.7 Å². The minimum absolute atomic E-state index is 0.0412. The number of hydrazine groups is 1. The number of amidine groups is 1. The van der Waals surface area contributed by atoms with Crippen molar-refractivity contribution in [2.75, 3.05) is 10.3 Å². The van der Waals surface area contributed by atoms with Crippen LogP contribution in [0.3, 0.4) is 0 Å². The molecule has 2 atom stereocenters. The quantitative estimate of drug-likeness (QED) is 0.0546. The van der Waals surface area contributed by atoms with Crippen molar-refractivity contribution < 1.29 is 24.5 Å². The van der Waals surface area contributed by atoms with Gasteiger partial charge in [-0.05, 0) is 91.7 Å². The lowest BCUT2D eigenvalue weighted by molar-refractivity contribution is -0.123. The number of hydrogen-bond donors (Lipinski definition) is 4. The molecule has 296 valence electrons. The molecule has 2 amide bonds. The van der Waals surface area contributed by atoms with Crippen LogP contribution in [0, 0.1) is 0 Å². The molecule has 0 spiro atoms. The van der Waals surface area contributed by atoms with Crippen LogP contribution in [-0.4, -0.2) is 40.0 Å². The number of azo groups is 1. The minimum atomic E-state index is -1.29. The molecular formula is C41H44Cl4N6O5. The molecule has 1 heterocycles. The molecule has 0 aromatic heterocycles. The fourth-order valence-electron chi connectivity index (χ4n) is 6.00. The fourth-order valence-corrected chi connectivity index (χ4v) is 7.14. The van der Waals surface area contributed by atoms with Gasteiger partial charge in [-0.3, -0.25) is 15.0 Å². The maximum absolute atomic E-state index is 13.8. The van der Waals surface area contributed by atoms with E-state index in [9.17, 15) is 19.8 Å². The number of aromatic hydroxyl groups is 2. The standard InChI is InChI=1S/C41H44Cl4N6O5/c1-2-3-4-5-6-7-8-9-10-11-12-36(56-31-20-18-30(53)19-21-31)40(54)46-28-15-22-32(43)35(25-28)47-39-37(49-48-27-13-16-29(52)17-14-27)41(55)51(50-39)38-33(44)23-26(42)24-34(38)45/h13-25,36-37,52-53H,2-12H2,1H3,(H,46,54)(H,47,50). The monoisotopic (exact) mass is 840 g/mol. The number of amides is 2. The van der Waals surface area contributed by atoms with Gasteiger partial charge >= 0.3 is 0 Å². The van der Waals surface area contributed by atoms with Crippen molar-refractivity contribution >= 4 is 86.8 Å². The maximum Gasteiger partial charge on any atom is 0.280 e. The first kappa shape index (κ1) is 42.6. The van der Waals surface area contributed by atoms with Crippen LogP contribution in [0.25, 0.3) is 0 Å². The van der Waals surface area contributed by atoms with Crippen LogP contribution in [-0.2, 0) is 9.59 Å². The van der Waals surface area contributed by atoms with Gasteiger partial charge in [-0.25, -0.2) is 10.0 Å². The first-order valence-electron chi connectivity index (χ1n) is 18.6. The van der Waals surface area contributed by atoms with E-state index in [0.29, 0.717) is 23.5 Å². The third kappa shape index (κ3) is 12.2. The second kappa shape index (κ2) is 21.1. The number of unbranched alkanes of at least 4 members (excludes halogenated alkanes) is 9. The summed E-state index contributed by atoms with van der Waals surface area (Å²) in [7, 11) is 0. The summed E-state index contributed by atoms with van der Waals surface area (Å²) >= 11 is 25.7. The highest BCUT2D eigenvalue weighted by Gasteiger charge is 2.41. The Morgan fingerprint density at radius 1 is 0.804 bits per heavy atom. The number of rotatable bonds is 19. The second-order valence-corrected chi connectivity index (χ2v) is 15.0. The number of ether oxygens (including phenoxy) is 1. The molecule has 1 aliphatic heterocycles. The summed E-state index contributed by atoms with van der Waals surface area (Å²) in [6.07, 6.45) is 11.3. The average molecular weight is 843 g/mol. The SMILES string of the molecule is CCCCCCCCCCCCC(Oc1ccc(O)cc1)C(=O)Nc1ccc(Cl)c(N=C2NN(c3c(Cl)cc(Cl)cc3Cl)C(=O)C2N=Nc2ccc(O)cc2)c1. The highest BCUT2D eigenvalue weighted by molar-refractivity contribution is 6.43. The van der Waals surface area contributed by atoms with Gasteiger partial charge in [0.1, 0.15) is 22.9 Å². The van der Waals surface area contributed by atoms with Crippen LogP contribution in [0.15, 0.2) is 94.1 Å². The first-order valence-corrected chi connectivity index (χ1v) is 20.1. The summed E-state index contributed by atoms with van der Waals surface area (Å²) in [5.74, 6) is -0.343. The van der Waals surface area contributed by atoms with Gasteiger partial charge in [0.05, 0.1) is 26.4 Å². The molecule has 11 nitrogen and oxygen atoms in total. The first-order chi connectivity index (χ1) is 27.0. The number of aliphatic imine (C=N–C) groups is 1. The Morgan fingerprint density at radius 2 is 1.39 bits per heavy atom. The minimum Gasteiger partial charge on any atom is -0.508 e. The zero-order valence-corrected chi connectivity index (χ0v) is 33.9. The Bertz CT molecular complexity index is 1990. The lowest BCUT2D eigenvalue weighted by Crippen LogP contribution is -2.36. The van der Waals surface area contributed by atoms with E-state index in [1.54, 1.807) is 30.3 Å². The Hall–Kier alpha value is -4.55. The van der Waals surface area contributed by atoms with Gasteiger partial charge in [0.15, 0.2) is 11.9 Å². The van der Waals surface area contributed by atoms with E-state index in [-0.39, 0.29) is 54.7 Å². The van der Waals surface area contributed by atoms with Gasteiger partial charge in [0.25, 0.3) is 11.8 Å². The third-order valence-corrected chi connectivity index (χ3v) is 10.1. The number of anilines is 2. The van der Waals surface area contributed by atoms with Crippen molar-refractivity contribution in [2.24, 2.45) is 15.2 Å². The van der Waals surface area contributed by atoms with E-state index in [0.717, 1.165) is 30.7 Å². The van der Waals surface area contributed by atoms with E-state index in [1.165, 1.54) is 87.1 Å². The van der Waals surface area contributed by atoms with E-state index < -0.39 is 18.1 Å². The Kier molecular flexibility index (Phi) is 16.1. The molecule has 4 aromatic rings. The number of carbonyl (C=O) groups excluding carboxylic acids is 2. The maximum atomic E-state index is 13.8. The van der Waals surface area contributed by atoms with Crippen LogP contribution >= 0.6 is 46.4 Å². The summed E-state index contributed by atoms with van der Waals surface area (Å²) in [5.41, 5.74) is 4.04. The zero-order chi connectivity index (χ0) is 40.0. The van der Waals surface area contributed by atoms with E-state index >= 15 is 0 Å². The average Bonchev–Trinajstić information content (AvgIpc) is 3.46. The molecule has 4 N–H and O–H groups in total. The van der Waals surface area contributed by atoms with Gasteiger partial charge in [0, 0.05) is 10.7 Å². The van der Waals surface area contributed by atoms with Gasteiger partial charge in [-0.1, -0.05) is 111 Å². The predicted octanol–water partition coefficient (Wildman–Crippen LogP) is 12.1. The number of carbonyl (C=O) groups is 2. The Labute approximate surface area is 346 Å². The summed E-state index contributed by atoms with van der Waals surface area (Å²) < 4.78 is 6.13. The molecule has 1 saturated heterocycles. The smallest absolute Gasteiger partial charge is 0.280 e. The molecule has 0 radical (unpaired) electrons. The number of phenolic OH excluding ortho intramolecular Hbond substituents is 2. The van der Waals surface area contributed by atoms with E-state index in [2.05, 4.69) is 32.9 Å². The van der Waals surface area contributed by atoms with E-state index in [4.69, 9.17) is 51.1 Å². The van der Waals surface area contributed by atoms with Gasteiger partial charge < -0.3 is 20.3 Å². The number of halogens is 4. The number of phenols is 2. The molecule has 15 heteroatoms. The normalized spacial score (nSPS) is 15.4. The van der Waals surface area contributed by atoms with Crippen LogP contribution in [0.1, 0.15) is 77.6 Å². The molecule has 2 unspecified atom stereocenters. The lowest BCUT2D eigenvalue weighted by atomic mass is 10.0. The molecule has 5 rings (SSSR count). The lowest BCUT2D eigenvalue weighted by Gasteiger charge is -2.19. The highest BCUT2D eigenvalue weighted by Crippen LogP contribution is 2.38. The fraction of sp³-hybridized carbons (Fsp3) is 0.341. The van der Waals surface area contributed by atoms with Gasteiger partial charge in [0.2, 0.25) is 6.04 Å². The molecule has 1 fully saturated rings. The van der Waals surface area contributed by atoms with Crippen LogP contribution in [0.5, 0.6) is 17.2 Å². The molecule has 0 bridgehead atoms. The zero-order valence-electron chi connectivity index (χ0n) is 30.9. The van der Waals surface area contributed by atoms with Crippen molar-refractivity contribution in [3.05, 3.63) is 99.0 Å². The molecule has 4 aromatic carbocycles. The number of nitrogens with zero attached hydrogens (tertiary/aromatic N) is 4. The van der Waals surface area contributed by atoms with Crippen LogP contribution in [0.2, 0.25) is 20.1 Å². The summed E-state index contributed by atoms with van der Waals surface area (Å²) in [4.78, 5) is 32.2. The predicted molar refractivity (Wildman–Crippen MR) is 225 cm³/mol. The number of benzene rings is 4. The molecular weight excluding hydrogens is 798 g/mol. The topological polar surface area (TPSA) is 148 Å². The molecule has 0 aliphatic carbocycles. The largest absolute Gasteiger partial charge is 0.508 e. The van der Waals surface area contributed by atoms with Gasteiger partial charge in [-0.15, -0.1) is 0 Å². The summed E-state index contributed by atoms with van der Waals surface area (Å²) in [6, 6.07) is 18.6. The Morgan fingerprint density at radius 3 is 2.02 bits per heavy atom. The Balaban J connectivity index is 1.34. The van der Waals surface area contributed by atoms with Crippen molar-refractivity contribution in [3.63, 3.8) is 0 Å². The third-order valence-electron chi connectivity index (χ3n) is 8.97. The molecule has 1 aliphatic rings. The highest BCUT2D eigenvalue weighted by atomic mass is 35.5.